The van der Waals surface area contributed by atoms with E-state index in [9.17, 15) is 4.79 Å². The molecule has 128 valence electrons. The minimum absolute atomic E-state index is 0.0237. The number of aryl methyl sites for hydroxylation is 1. The number of hydrogen-bond acceptors (Lipinski definition) is 3. The summed E-state index contributed by atoms with van der Waals surface area (Å²) in [6, 6.07) is 6.09. The van der Waals surface area contributed by atoms with Crippen LogP contribution in [0.1, 0.15) is 64.5 Å². The summed E-state index contributed by atoms with van der Waals surface area (Å²) in [5, 5.41) is 4.12. The fourth-order valence-electron chi connectivity index (χ4n) is 2.13. The fourth-order valence-corrected chi connectivity index (χ4v) is 2.13. The zero-order valence-corrected chi connectivity index (χ0v) is 15.3. The second kappa shape index (κ2) is 9.33. The molecule has 1 aromatic rings. The Morgan fingerprint density at radius 3 is 2.57 bits per heavy atom. The molecule has 0 aliphatic carbocycles. The van der Waals surface area contributed by atoms with Crippen molar-refractivity contribution in [3.8, 4) is 5.75 Å². The lowest BCUT2D eigenvalue weighted by atomic mass is 10.0. The van der Waals surface area contributed by atoms with Gasteiger partial charge in [-0.05, 0) is 55.7 Å². The van der Waals surface area contributed by atoms with Gasteiger partial charge in [-0.3, -0.25) is 4.79 Å². The predicted octanol–water partition coefficient (Wildman–Crippen LogP) is 4.43. The van der Waals surface area contributed by atoms with E-state index in [4.69, 9.17) is 4.74 Å². The number of ether oxygens (including phenoxy) is 1. The molecule has 1 rings (SSSR count). The van der Waals surface area contributed by atoms with Gasteiger partial charge in [0.2, 0.25) is 0 Å². The summed E-state index contributed by atoms with van der Waals surface area (Å²) in [4.78, 5) is 11.9. The first-order valence-electron chi connectivity index (χ1n) is 8.35. The first kappa shape index (κ1) is 19.2. The number of hydrazone groups is 1. The summed E-state index contributed by atoms with van der Waals surface area (Å²) in [5.41, 5.74) is 5.73. The highest BCUT2D eigenvalue weighted by Gasteiger charge is 2.10. The Hall–Kier alpha value is -1.84. The second-order valence-electron chi connectivity index (χ2n) is 6.80. The van der Waals surface area contributed by atoms with Crippen molar-refractivity contribution in [1.29, 1.82) is 0 Å². The van der Waals surface area contributed by atoms with Crippen LogP contribution in [-0.2, 0) is 4.79 Å². The summed E-state index contributed by atoms with van der Waals surface area (Å²) in [6.45, 7) is 12.5. The van der Waals surface area contributed by atoms with Crippen LogP contribution in [-0.4, -0.2) is 18.2 Å². The topological polar surface area (TPSA) is 50.7 Å². The number of amides is 1. The molecule has 1 aromatic carbocycles. The van der Waals surface area contributed by atoms with E-state index in [1.807, 2.05) is 19.9 Å². The SMILES string of the molecule is C/C(CCC(C)C)=N/NC(=O)COc1cc(C)ccc1C(C)C. The Morgan fingerprint density at radius 2 is 1.96 bits per heavy atom. The van der Waals surface area contributed by atoms with E-state index in [-0.39, 0.29) is 12.5 Å². The number of benzene rings is 1. The first-order valence-corrected chi connectivity index (χ1v) is 8.35. The van der Waals surface area contributed by atoms with Crippen LogP contribution in [0.15, 0.2) is 23.3 Å². The van der Waals surface area contributed by atoms with Gasteiger partial charge in [-0.2, -0.15) is 5.10 Å². The summed E-state index contributed by atoms with van der Waals surface area (Å²) >= 11 is 0. The van der Waals surface area contributed by atoms with E-state index in [1.54, 1.807) is 0 Å². The highest BCUT2D eigenvalue weighted by atomic mass is 16.5. The molecular formula is C19H30N2O2. The van der Waals surface area contributed by atoms with Crippen molar-refractivity contribution in [2.45, 2.75) is 60.3 Å². The highest BCUT2D eigenvalue weighted by molar-refractivity contribution is 5.84. The molecule has 0 unspecified atom stereocenters. The van der Waals surface area contributed by atoms with Gasteiger partial charge in [0.1, 0.15) is 5.75 Å². The lowest BCUT2D eigenvalue weighted by Crippen LogP contribution is -2.25. The third-order valence-electron chi connectivity index (χ3n) is 3.60. The van der Waals surface area contributed by atoms with Gasteiger partial charge in [0.25, 0.3) is 5.91 Å². The Morgan fingerprint density at radius 1 is 1.26 bits per heavy atom. The third-order valence-corrected chi connectivity index (χ3v) is 3.60. The maximum absolute atomic E-state index is 11.9. The summed E-state index contributed by atoms with van der Waals surface area (Å²) in [6.07, 6.45) is 1.97. The number of carbonyl (C=O) groups is 1. The van der Waals surface area contributed by atoms with Gasteiger partial charge in [-0.1, -0.05) is 39.8 Å². The summed E-state index contributed by atoms with van der Waals surface area (Å²) in [5.74, 6) is 1.53. The van der Waals surface area contributed by atoms with Crippen LogP contribution in [0.5, 0.6) is 5.75 Å². The minimum atomic E-state index is -0.231. The molecule has 0 radical (unpaired) electrons. The van der Waals surface area contributed by atoms with Crippen molar-refractivity contribution >= 4 is 11.6 Å². The largest absolute Gasteiger partial charge is 0.483 e. The molecule has 0 heterocycles. The molecule has 1 N–H and O–H groups in total. The van der Waals surface area contributed by atoms with Crippen LogP contribution in [0, 0.1) is 12.8 Å². The van der Waals surface area contributed by atoms with Crippen molar-refractivity contribution in [3.05, 3.63) is 29.3 Å². The van der Waals surface area contributed by atoms with E-state index in [2.05, 4.69) is 50.4 Å². The smallest absolute Gasteiger partial charge is 0.277 e. The Kier molecular flexibility index (Phi) is 7.79. The zero-order valence-electron chi connectivity index (χ0n) is 15.3. The molecule has 1 amide bonds. The van der Waals surface area contributed by atoms with E-state index < -0.39 is 0 Å². The standard InChI is InChI=1S/C19H30N2O2/c1-13(2)7-9-16(6)20-21-19(22)12-23-18-11-15(5)8-10-17(18)14(3)4/h8,10-11,13-14H,7,9,12H2,1-6H3,(H,21,22)/b20-16-. The predicted molar refractivity (Wildman–Crippen MR) is 96.1 cm³/mol. The molecule has 0 aliphatic rings. The number of nitrogens with zero attached hydrogens (tertiary/aromatic N) is 1. The number of carbonyl (C=O) groups excluding carboxylic acids is 1. The van der Waals surface area contributed by atoms with Crippen LogP contribution < -0.4 is 10.2 Å². The van der Waals surface area contributed by atoms with Crippen LogP contribution in [0.3, 0.4) is 0 Å². The molecule has 23 heavy (non-hydrogen) atoms. The lowest BCUT2D eigenvalue weighted by Gasteiger charge is -2.14. The van der Waals surface area contributed by atoms with Crippen molar-refractivity contribution in [2.24, 2.45) is 11.0 Å². The molecular weight excluding hydrogens is 288 g/mol. The van der Waals surface area contributed by atoms with Gasteiger partial charge < -0.3 is 4.74 Å². The molecule has 0 saturated carbocycles. The summed E-state index contributed by atoms with van der Waals surface area (Å²) < 4.78 is 5.69. The van der Waals surface area contributed by atoms with E-state index in [1.165, 1.54) is 0 Å². The van der Waals surface area contributed by atoms with Crippen molar-refractivity contribution in [2.75, 3.05) is 6.61 Å². The molecule has 0 fully saturated rings. The summed E-state index contributed by atoms with van der Waals surface area (Å²) in [7, 11) is 0. The van der Waals surface area contributed by atoms with Gasteiger partial charge in [-0.15, -0.1) is 0 Å². The van der Waals surface area contributed by atoms with Crippen molar-refractivity contribution < 1.29 is 9.53 Å². The third kappa shape index (κ3) is 7.31. The number of nitrogens with one attached hydrogen (secondary N) is 1. The van der Waals surface area contributed by atoms with Crippen LogP contribution in [0.2, 0.25) is 0 Å². The van der Waals surface area contributed by atoms with Crippen LogP contribution >= 0.6 is 0 Å². The molecule has 0 atom stereocenters. The van der Waals surface area contributed by atoms with Gasteiger partial charge in [0.15, 0.2) is 6.61 Å². The van der Waals surface area contributed by atoms with E-state index in [0.717, 1.165) is 35.4 Å². The average molecular weight is 318 g/mol. The zero-order chi connectivity index (χ0) is 17.4. The maximum Gasteiger partial charge on any atom is 0.277 e. The molecule has 4 heteroatoms. The molecule has 4 nitrogen and oxygen atoms in total. The monoisotopic (exact) mass is 318 g/mol. The molecule has 0 aromatic heterocycles. The van der Waals surface area contributed by atoms with E-state index >= 15 is 0 Å². The molecule has 0 aliphatic heterocycles. The minimum Gasteiger partial charge on any atom is -0.483 e. The molecule has 0 bridgehead atoms. The van der Waals surface area contributed by atoms with Gasteiger partial charge in [0, 0.05) is 5.71 Å². The second-order valence-corrected chi connectivity index (χ2v) is 6.80. The highest BCUT2D eigenvalue weighted by Crippen LogP contribution is 2.27. The van der Waals surface area contributed by atoms with Gasteiger partial charge in [-0.25, -0.2) is 5.43 Å². The first-order chi connectivity index (χ1) is 10.8. The van der Waals surface area contributed by atoms with Crippen LogP contribution in [0.4, 0.5) is 0 Å². The number of rotatable bonds is 8. The Labute approximate surface area is 140 Å². The van der Waals surface area contributed by atoms with Crippen LogP contribution in [0.25, 0.3) is 0 Å². The molecule has 0 saturated heterocycles. The fraction of sp³-hybridized carbons (Fsp3) is 0.579. The van der Waals surface area contributed by atoms with Gasteiger partial charge in [0.05, 0.1) is 0 Å². The van der Waals surface area contributed by atoms with E-state index in [0.29, 0.717) is 11.8 Å². The number of hydrogen-bond donors (Lipinski definition) is 1. The van der Waals surface area contributed by atoms with Gasteiger partial charge >= 0.3 is 0 Å². The quantitative estimate of drug-likeness (QED) is 0.569. The Bertz CT molecular complexity index is 548. The van der Waals surface area contributed by atoms with Crippen molar-refractivity contribution in [1.82, 2.24) is 5.43 Å². The Balaban J connectivity index is 2.53. The average Bonchev–Trinajstić information content (AvgIpc) is 2.48. The molecule has 0 spiro atoms. The lowest BCUT2D eigenvalue weighted by molar-refractivity contribution is -0.123. The van der Waals surface area contributed by atoms with Crippen molar-refractivity contribution in [3.63, 3.8) is 0 Å². The maximum atomic E-state index is 11.9. The normalized spacial score (nSPS) is 11.9.